The lowest BCUT2D eigenvalue weighted by Crippen LogP contribution is -2.46. The first kappa shape index (κ1) is 20.0. The Labute approximate surface area is 164 Å². The number of aromatic nitrogens is 2. The van der Waals surface area contributed by atoms with E-state index in [1.165, 1.54) is 11.1 Å². The minimum Gasteiger partial charge on any atom is -0.448 e. The molecule has 1 aromatic carbocycles. The first-order valence-electron chi connectivity index (χ1n) is 9.93. The molecule has 1 fully saturated rings. The van der Waals surface area contributed by atoms with E-state index in [0.29, 0.717) is 23.2 Å². The van der Waals surface area contributed by atoms with Gasteiger partial charge in [-0.25, -0.2) is 9.48 Å². The predicted octanol–water partition coefficient (Wildman–Crippen LogP) is 2.66. The summed E-state index contributed by atoms with van der Waals surface area (Å²) in [6.45, 7) is 5.79. The molecule has 1 aromatic heterocycles. The van der Waals surface area contributed by atoms with E-state index in [1.54, 1.807) is 38.1 Å². The average Bonchev–Trinajstić information content (AvgIpc) is 2.70. The Balaban J connectivity index is 1.78. The van der Waals surface area contributed by atoms with Crippen LogP contribution in [0.25, 0.3) is 10.8 Å². The summed E-state index contributed by atoms with van der Waals surface area (Å²) in [5, 5.41) is 7.99. The van der Waals surface area contributed by atoms with E-state index in [1.807, 2.05) is 0 Å². The summed E-state index contributed by atoms with van der Waals surface area (Å²) >= 11 is 0. The van der Waals surface area contributed by atoms with Crippen molar-refractivity contribution in [1.82, 2.24) is 15.1 Å². The van der Waals surface area contributed by atoms with Crippen LogP contribution in [-0.4, -0.2) is 33.8 Å². The average molecular weight is 385 g/mol. The number of esters is 1. The molecule has 7 heteroatoms. The zero-order chi connectivity index (χ0) is 20.3. The number of carbonyl (C=O) groups excluding carboxylic acids is 2. The molecule has 2 aromatic rings. The van der Waals surface area contributed by atoms with Crippen molar-refractivity contribution in [2.24, 2.45) is 5.92 Å². The molecular formula is C21H27N3O4. The van der Waals surface area contributed by atoms with E-state index < -0.39 is 12.1 Å². The molecule has 1 amide bonds. The molecule has 0 aliphatic heterocycles. The van der Waals surface area contributed by atoms with Gasteiger partial charge >= 0.3 is 5.97 Å². The maximum absolute atomic E-state index is 12.7. The molecule has 0 unspecified atom stereocenters. The van der Waals surface area contributed by atoms with Gasteiger partial charge in [0.2, 0.25) is 0 Å². The molecule has 150 valence electrons. The molecule has 7 nitrogen and oxygen atoms in total. The largest absolute Gasteiger partial charge is 0.448 e. The lowest BCUT2D eigenvalue weighted by atomic mass is 9.86. The molecule has 3 atom stereocenters. The van der Waals surface area contributed by atoms with Crippen LogP contribution in [0, 0.1) is 5.92 Å². The van der Waals surface area contributed by atoms with Crippen LogP contribution in [0.1, 0.15) is 56.9 Å². The Morgan fingerprint density at radius 3 is 2.61 bits per heavy atom. The number of fused-ring (bicyclic) bond motifs is 1. The number of ether oxygens (including phenoxy) is 1. The second-order valence-electron chi connectivity index (χ2n) is 7.44. The molecule has 0 spiro atoms. The Hall–Kier alpha value is -2.70. The standard InChI is InChI=1S/C21H27N3O4/c1-4-24-20(26)16-11-7-6-10-15(16)18(23-24)21(27)28-14(3)19(25)22-17-12-8-5-9-13(17)2/h6-7,10-11,13-14,17H,4-5,8-9,12H2,1-3H3,(H,22,25)/t13-,14+,17-/m0/s1. The summed E-state index contributed by atoms with van der Waals surface area (Å²) in [6, 6.07) is 6.90. The van der Waals surface area contributed by atoms with Gasteiger partial charge in [0.25, 0.3) is 11.5 Å². The second kappa shape index (κ2) is 8.54. The van der Waals surface area contributed by atoms with Crippen molar-refractivity contribution >= 4 is 22.6 Å². The fraction of sp³-hybridized carbons (Fsp3) is 0.524. The number of aryl methyl sites for hydroxylation is 1. The highest BCUT2D eigenvalue weighted by atomic mass is 16.5. The van der Waals surface area contributed by atoms with Crippen molar-refractivity contribution in [3.63, 3.8) is 0 Å². The highest BCUT2D eigenvalue weighted by Crippen LogP contribution is 2.24. The van der Waals surface area contributed by atoms with Gasteiger partial charge in [0.1, 0.15) is 0 Å². The molecule has 1 heterocycles. The minimum absolute atomic E-state index is 0.0442. The predicted molar refractivity (Wildman–Crippen MR) is 106 cm³/mol. The first-order valence-corrected chi connectivity index (χ1v) is 9.93. The van der Waals surface area contributed by atoms with Gasteiger partial charge < -0.3 is 10.1 Å². The fourth-order valence-electron chi connectivity index (χ4n) is 3.70. The molecule has 3 rings (SSSR count). The van der Waals surface area contributed by atoms with Gasteiger partial charge in [-0.1, -0.05) is 38.0 Å². The van der Waals surface area contributed by atoms with E-state index in [9.17, 15) is 14.4 Å². The molecule has 1 aliphatic carbocycles. The van der Waals surface area contributed by atoms with Crippen LogP contribution >= 0.6 is 0 Å². The van der Waals surface area contributed by atoms with Crippen LogP contribution in [0.2, 0.25) is 0 Å². The van der Waals surface area contributed by atoms with Gasteiger partial charge in [-0.05, 0) is 38.7 Å². The number of amides is 1. The van der Waals surface area contributed by atoms with E-state index in [4.69, 9.17) is 4.74 Å². The van der Waals surface area contributed by atoms with Crippen LogP contribution in [0.4, 0.5) is 0 Å². The topological polar surface area (TPSA) is 90.3 Å². The third-order valence-electron chi connectivity index (χ3n) is 5.45. The SMILES string of the molecule is CCn1nc(C(=O)O[C@H](C)C(=O)N[C@H]2CCCC[C@@H]2C)c2ccccc2c1=O. The molecular weight excluding hydrogens is 358 g/mol. The van der Waals surface area contributed by atoms with Crippen molar-refractivity contribution in [1.29, 1.82) is 0 Å². The third kappa shape index (κ3) is 4.08. The summed E-state index contributed by atoms with van der Waals surface area (Å²) in [5.74, 6) is -0.600. The zero-order valence-electron chi connectivity index (χ0n) is 16.6. The van der Waals surface area contributed by atoms with Crippen LogP contribution in [0.3, 0.4) is 0 Å². The number of rotatable bonds is 5. The number of nitrogens with one attached hydrogen (secondary N) is 1. The summed E-state index contributed by atoms with van der Waals surface area (Å²) < 4.78 is 6.62. The fourth-order valence-corrected chi connectivity index (χ4v) is 3.70. The maximum Gasteiger partial charge on any atom is 0.360 e. The number of carbonyl (C=O) groups is 2. The van der Waals surface area contributed by atoms with Crippen LogP contribution in [0.5, 0.6) is 0 Å². The lowest BCUT2D eigenvalue weighted by Gasteiger charge is -2.30. The van der Waals surface area contributed by atoms with Gasteiger partial charge in [-0.15, -0.1) is 0 Å². The van der Waals surface area contributed by atoms with Gasteiger partial charge in [-0.2, -0.15) is 5.10 Å². The van der Waals surface area contributed by atoms with Gasteiger partial charge in [0.15, 0.2) is 11.8 Å². The van der Waals surface area contributed by atoms with Crippen molar-refractivity contribution in [2.75, 3.05) is 0 Å². The van der Waals surface area contributed by atoms with E-state index in [2.05, 4.69) is 17.3 Å². The summed E-state index contributed by atoms with van der Waals surface area (Å²) in [5.41, 5.74) is -0.213. The van der Waals surface area contributed by atoms with Crippen LogP contribution in [-0.2, 0) is 16.1 Å². The van der Waals surface area contributed by atoms with Crippen molar-refractivity contribution in [3.8, 4) is 0 Å². The van der Waals surface area contributed by atoms with E-state index >= 15 is 0 Å². The van der Waals surface area contributed by atoms with Gasteiger partial charge in [-0.3, -0.25) is 9.59 Å². The Bertz CT molecular complexity index is 937. The lowest BCUT2D eigenvalue weighted by molar-refractivity contribution is -0.130. The van der Waals surface area contributed by atoms with E-state index in [-0.39, 0.29) is 23.2 Å². The monoisotopic (exact) mass is 385 g/mol. The molecule has 0 bridgehead atoms. The second-order valence-corrected chi connectivity index (χ2v) is 7.44. The van der Waals surface area contributed by atoms with Gasteiger partial charge in [0.05, 0.1) is 5.39 Å². The normalized spacial score (nSPS) is 20.5. The van der Waals surface area contributed by atoms with Crippen molar-refractivity contribution in [2.45, 2.75) is 65.1 Å². The molecule has 1 saturated carbocycles. The zero-order valence-corrected chi connectivity index (χ0v) is 16.6. The number of hydrogen-bond donors (Lipinski definition) is 1. The number of nitrogens with zero attached hydrogens (tertiary/aromatic N) is 2. The molecule has 28 heavy (non-hydrogen) atoms. The summed E-state index contributed by atoms with van der Waals surface area (Å²) in [6.07, 6.45) is 3.38. The minimum atomic E-state index is -0.941. The molecule has 1 aliphatic rings. The Morgan fingerprint density at radius 2 is 1.93 bits per heavy atom. The summed E-state index contributed by atoms with van der Waals surface area (Å²) in [4.78, 5) is 37.6. The highest BCUT2D eigenvalue weighted by Gasteiger charge is 2.27. The molecule has 0 saturated heterocycles. The van der Waals surface area contributed by atoms with Crippen LogP contribution in [0.15, 0.2) is 29.1 Å². The molecule has 0 radical (unpaired) electrons. The van der Waals surface area contributed by atoms with Crippen molar-refractivity contribution < 1.29 is 14.3 Å². The smallest absolute Gasteiger partial charge is 0.360 e. The maximum atomic E-state index is 12.7. The van der Waals surface area contributed by atoms with E-state index in [0.717, 1.165) is 19.3 Å². The third-order valence-corrected chi connectivity index (χ3v) is 5.45. The number of benzene rings is 1. The van der Waals surface area contributed by atoms with Gasteiger partial charge in [0, 0.05) is 18.0 Å². The van der Waals surface area contributed by atoms with Crippen molar-refractivity contribution in [3.05, 3.63) is 40.3 Å². The Morgan fingerprint density at radius 1 is 1.25 bits per heavy atom. The number of hydrogen-bond acceptors (Lipinski definition) is 5. The quantitative estimate of drug-likeness (QED) is 0.799. The molecule has 1 N–H and O–H groups in total. The first-order chi connectivity index (χ1) is 13.4. The Kier molecular flexibility index (Phi) is 6.11. The summed E-state index contributed by atoms with van der Waals surface area (Å²) in [7, 11) is 0. The highest BCUT2D eigenvalue weighted by molar-refractivity contribution is 6.02. The van der Waals surface area contributed by atoms with Crippen LogP contribution < -0.4 is 10.9 Å².